The summed E-state index contributed by atoms with van der Waals surface area (Å²) in [4.78, 5) is 14.4. The molecule has 0 spiro atoms. The maximum atomic E-state index is 12.1. The number of rotatable bonds is 5. The lowest BCUT2D eigenvalue weighted by Crippen LogP contribution is -2.40. The Hall–Kier alpha value is -1.61. The van der Waals surface area contributed by atoms with Crippen LogP contribution in [0.2, 0.25) is 0 Å². The van der Waals surface area contributed by atoms with Crippen LogP contribution in [0.25, 0.3) is 5.57 Å². The number of nitrogens with one attached hydrogen (secondary N) is 1. The third kappa shape index (κ3) is 4.93. The molecule has 3 heteroatoms. The van der Waals surface area contributed by atoms with Gasteiger partial charge in [0, 0.05) is 19.6 Å². The Morgan fingerprint density at radius 1 is 1.13 bits per heavy atom. The van der Waals surface area contributed by atoms with Gasteiger partial charge >= 0.3 is 0 Å². The molecule has 3 rings (SSSR count). The van der Waals surface area contributed by atoms with Gasteiger partial charge in [-0.1, -0.05) is 55.7 Å². The normalized spacial score (nSPS) is 20.1. The maximum Gasteiger partial charge on any atom is 0.234 e. The number of benzene rings is 1. The lowest BCUT2D eigenvalue weighted by Gasteiger charge is -2.27. The molecule has 23 heavy (non-hydrogen) atoms. The molecule has 0 atom stereocenters. The van der Waals surface area contributed by atoms with Crippen LogP contribution in [0.15, 0.2) is 36.4 Å². The topological polar surface area (TPSA) is 32.3 Å². The van der Waals surface area contributed by atoms with Crippen molar-refractivity contribution in [3.8, 4) is 0 Å². The number of nitrogens with zero attached hydrogens (tertiary/aromatic N) is 1. The third-order valence-corrected chi connectivity index (χ3v) is 5.12. The smallest absolute Gasteiger partial charge is 0.234 e. The molecule has 1 aliphatic carbocycles. The highest BCUT2D eigenvalue weighted by atomic mass is 16.2. The predicted octanol–water partition coefficient (Wildman–Crippen LogP) is 3.47. The molecule has 1 aliphatic heterocycles. The van der Waals surface area contributed by atoms with Crippen LogP contribution in [0.5, 0.6) is 0 Å². The van der Waals surface area contributed by atoms with Gasteiger partial charge in [-0.05, 0) is 36.3 Å². The van der Waals surface area contributed by atoms with Gasteiger partial charge < -0.3 is 5.32 Å². The number of carbonyl (C=O) groups excluding carboxylic acids is 1. The molecule has 1 fully saturated rings. The summed E-state index contributed by atoms with van der Waals surface area (Å²) in [6.07, 6.45) is 9.90. The molecule has 1 saturated carbocycles. The second kappa shape index (κ2) is 8.30. The summed E-state index contributed by atoms with van der Waals surface area (Å²) in [5.41, 5.74) is 2.72. The SMILES string of the molecule is O=C(CN1CC=C(c2ccccc2)CC1)NCC1CCCCC1. The Morgan fingerprint density at radius 3 is 2.61 bits per heavy atom. The van der Waals surface area contributed by atoms with Gasteiger partial charge in [0.15, 0.2) is 0 Å². The maximum absolute atomic E-state index is 12.1. The summed E-state index contributed by atoms with van der Waals surface area (Å²) >= 11 is 0. The van der Waals surface area contributed by atoms with E-state index in [1.807, 2.05) is 0 Å². The summed E-state index contributed by atoms with van der Waals surface area (Å²) in [7, 11) is 0. The molecule has 0 unspecified atom stereocenters. The molecular formula is C20H28N2O. The van der Waals surface area contributed by atoms with Crippen molar-refractivity contribution in [2.75, 3.05) is 26.2 Å². The highest BCUT2D eigenvalue weighted by Crippen LogP contribution is 2.23. The molecule has 1 aromatic rings. The van der Waals surface area contributed by atoms with E-state index in [-0.39, 0.29) is 5.91 Å². The minimum Gasteiger partial charge on any atom is -0.355 e. The van der Waals surface area contributed by atoms with Crippen LogP contribution in [0, 0.1) is 5.92 Å². The second-order valence-electron chi connectivity index (χ2n) is 6.89. The highest BCUT2D eigenvalue weighted by molar-refractivity contribution is 5.78. The summed E-state index contributed by atoms with van der Waals surface area (Å²) in [5.74, 6) is 0.894. The lowest BCUT2D eigenvalue weighted by molar-refractivity contribution is -0.122. The van der Waals surface area contributed by atoms with E-state index >= 15 is 0 Å². The molecule has 0 radical (unpaired) electrons. The van der Waals surface area contributed by atoms with Crippen molar-refractivity contribution in [1.29, 1.82) is 0 Å². The summed E-state index contributed by atoms with van der Waals surface area (Å²) in [5, 5.41) is 3.14. The molecule has 1 amide bonds. The van der Waals surface area contributed by atoms with Crippen LogP contribution in [0.4, 0.5) is 0 Å². The molecule has 2 aliphatic rings. The standard InChI is InChI=1S/C20H28N2O/c23-20(21-15-17-7-3-1-4-8-17)16-22-13-11-19(12-14-22)18-9-5-2-6-10-18/h2,5-6,9-11,17H,1,3-4,7-8,12-16H2,(H,21,23). The Kier molecular flexibility index (Phi) is 5.87. The van der Waals surface area contributed by atoms with Crippen molar-refractivity contribution >= 4 is 11.5 Å². The van der Waals surface area contributed by atoms with Gasteiger partial charge in [0.1, 0.15) is 0 Å². The lowest BCUT2D eigenvalue weighted by atomic mass is 9.89. The molecule has 0 aromatic heterocycles. The van der Waals surface area contributed by atoms with Gasteiger partial charge in [-0.15, -0.1) is 0 Å². The van der Waals surface area contributed by atoms with Gasteiger partial charge in [0.25, 0.3) is 0 Å². The van der Waals surface area contributed by atoms with Gasteiger partial charge in [-0.3, -0.25) is 9.69 Å². The Bertz CT molecular complexity index is 532. The average Bonchev–Trinajstić information content (AvgIpc) is 2.62. The van der Waals surface area contributed by atoms with Gasteiger partial charge in [-0.2, -0.15) is 0 Å². The number of hydrogen-bond donors (Lipinski definition) is 1. The van der Waals surface area contributed by atoms with E-state index in [2.05, 4.69) is 46.6 Å². The summed E-state index contributed by atoms with van der Waals surface area (Å²) in [6, 6.07) is 10.6. The van der Waals surface area contributed by atoms with E-state index in [4.69, 9.17) is 0 Å². The van der Waals surface area contributed by atoms with E-state index in [1.54, 1.807) is 0 Å². The zero-order chi connectivity index (χ0) is 15.9. The fourth-order valence-corrected chi connectivity index (χ4v) is 3.68. The van der Waals surface area contributed by atoms with Crippen molar-refractivity contribution in [1.82, 2.24) is 10.2 Å². The monoisotopic (exact) mass is 312 g/mol. The minimum atomic E-state index is 0.187. The molecule has 1 N–H and O–H groups in total. The first-order valence-corrected chi connectivity index (χ1v) is 9.05. The first kappa shape index (κ1) is 16.3. The molecule has 1 aromatic carbocycles. The van der Waals surface area contributed by atoms with Crippen molar-refractivity contribution in [2.24, 2.45) is 5.92 Å². The average molecular weight is 312 g/mol. The van der Waals surface area contributed by atoms with Crippen LogP contribution in [0.1, 0.15) is 44.1 Å². The molecule has 124 valence electrons. The zero-order valence-electron chi connectivity index (χ0n) is 14.0. The first-order valence-electron chi connectivity index (χ1n) is 9.05. The third-order valence-electron chi connectivity index (χ3n) is 5.12. The summed E-state index contributed by atoms with van der Waals surface area (Å²) in [6.45, 7) is 3.25. The zero-order valence-corrected chi connectivity index (χ0v) is 14.0. The first-order chi connectivity index (χ1) is 11.3. The van der Waals surface area contributed by atoms with Crippen LogP contribution in [-0.2, 0) is 4.79 Å². The van der Waals surface area contributed by atoms with Crippen molar-refractivity contribution in [3.63, 3.8) is 0 Å². The molecule has 1 heterocycles. The molecule has 3 nitrogen and oxygen atoms in total. The van der Waals surface area contributed by atoms with Gasteiger partial charge in [0.2, 0.25) is 5.91 Å². The van der Waals surface area contributed by atoms with E-state index < -0.39 is 0 Å². The summed E-state index contributed by atoms with van der Waals surface area (Å²) < 4.78 is 0. The predicted molar refractivity (Wildman–Crippen MR) is 95.1 cm³/mol. The highest BCUT2D eigenvalue weighted by Gasteiger charge is 2.17. The number of hydrogen-bond acceptors (Lipinski definition) is 2. The van der Waals surface area contributed by atoms with Gasteiger partial charge in [0.05, 0.1) is 6.54 Å². The van der Waals surface area contributed by atoms with E-state index in [9.17, 15) is 4.79 Å². The van der Waals surface area contributed by atoms with Crippen molar-refractivity contribution in [2.45, 2.75) is 38.5 Å². The van der Waals surface area contributed by atoms with Gasteiger partial charge in [-0.25, -0.2) is 0 Å². The quantitative estimate of drug-likeness (QED) is 0.903. The molecular weight excluding hydrogens is 284 g/mol. The van der Waals surface area contributed by atoms with Crippen LogP contribution in [-0.4, -0.2) is 37.0 Å². The van der Waals surface area contributed by atoms with Crippen LogP contribution >= 0.6 is 0 Å². The fourth-order valence-electron chi connectivity index (χ4n) is 3.68. The van der Waals surface area contributed by atoms with Crippen molar-refractivity contribution in [3.05, 3.63) is 42.0 Å². The number of carbonyl (C=O) groups is 1. The van der Waals surface area contributed by atoms with E-state index in [1.165, 1.54) is 43.2 Å². The Balaban J connectivity index is 1.41. The number of amides is 1. The fraction of sp³-hybridized carbons (Fsp3) is 0.550. The Morgan fingerprint density at radius 2 is 1.91 bits per heavy atom. The van der Waals surface area contributed by atoms with E-state index in [0.717, 1.165) is 26.1 Å². The van der Waals surface area contributed by atoms with Crippen LogP contribution < -0.4 is 5.32 Å². The Labute approximate surface area is 139 Å². The van der Waals surface area contributed by atoms with Crippen LogP contribution in [0.3, 0.4) is 0 Å². The second-order valence-corrected chi connectivity index (χ2v) is 6.89. The minimum absolute atomic E-state index is 0.187. The molecule has 0 bridgehead atoms. The van der Waals surface area contributed by atoms with Crippen molar-refractivity contribution < 1.29 is 4.79 Å². The van der Waals surface area contributed by atoms with E-state index in [0.29, 0.717) is 12.5 Å². The largest absolute Gasteiger partial charge is 0.355 e. The molecule has 0 saturated heterocycles.